The largest absolute Gasteiger partial charge is 0.493 e. The van der Waals surface area contributed by atoms with Crippen molar-refractivity contribution in [2.45, 2.75) is 63.3 Å². The van der Waals surface area contributed by atoms with E-state index in [4.69, 9.17) is 18.9 Å². The third kappa shape index (κ3) is 4.91. The van der Waals surface area contributed by atoms with Gasteiger partial charge in [-0.3, -0.25) is 4.79 Å². The van der Waals surface area contributed by atoms with Crippen molar-refractivity contribution in [1.29, 1.82) is 0 Å². The molecule has 0 bridgehead atoms. The summed E-state index contributed by atoms with van der Waals surface area (Å²) in [4.78, 5) is 28.2. The quantitative estimate of drug-likeness (QED) is 0.607. The lowest BCUT2D eigenvalue weighted by Crippen LogP contribution is -2.51. The van der Waals surface area contributed by atoms with Crippen LogP contribution in [0.5, 0.6) is 17.2 Å². The average Bonchev–Trinajstić information content (AvgIpc) is 2.83. The number of carbonyl (C=O) groups is 2. The molecule has 1 aromatic rings. The van der Waals surface area contributed by atoms with Crippen LogP contribution in [0.2, 0.25) is 0 Å². The number of ether oxygens (including phenoxy) is 4. The molecule has 1 saturated carbocycles. The predicted octanol–water partition coefficient (Wildman–Crippen LogP) is 3.93. The minimum atomic E-state index is -0.514. The summed E-state index contributed by atoms with van der Waals surface area (Å²) in [6.45, 7) is 0.576. The van der Waals surface area contributed by atoms with Gasteiger partial charge in [0.1, 0.15) is 6.04 Å². The maximum absolute atomic E-state index is 14.0. The van der Waals surface area contributed by atoms with Crippen LogP contribution in [-0.4, -0.2) is 57.8 Å². The molecule has 7 heteroatoms. The van der Waals surface area contributed by atoms with Crippen LogP contribution in [0.4, 0.5) is 0 Å². The molecule has 0 spiro atoms. The van der Waals surface area contributed by atoms with Crippen molar-refractivity contribution in [2.24, 2.45) is 5.92 Å². The number of methoxy groups -OCH3 is 4. The van der Waals surface area contributed by atoms with E-state index < -0.39 is 6.04 Å². The summed E-state index contributed by atoms with van der Waals surface area (Å²) in [7, 11) is 6.11. The molecule has 7 nitrogen and oxygen atoms in total. The molecule has 1 saturated heterocycles. The SMILES string of the molecule is COC(=O)[C@@H]1CCCCN1C(=O)C(c1cc(OC)c(OC)c(OC)c1)C1CCCCC1. The molecule has 2 aliphatic rings. The van der Waals surface area contributed by atoms with Crippen LogP contribution < -0.4 is 14.2 Å². The van der Waals surface area contributed by atoms with Crippen LogP contribution in [0.25, 0.3) is 0 Å². The number of nitrogens with zero attached hydrogens (tertiary/aromatic N) is 1. The number of amides is 1. The van der Waals surface area contributed by atoms with Gasteiger partial charge in [-0.1, -0.05) is 19.3 Å². The molecule has 0 aromatic heterocycles. The van der Waals surface area contributed by atoms with Crippen molar-refractivity contribution >= 4 is 11.9 Å². The molecule has 0 radical (unpaired) electrons. The van der Waals surface area contributed by atoms with E-state index in [0.717, 1.165) is 44.1 Å². The van der Waals surface area contributed by atoms with E-state index in [1.165, 1.54) is 13.5 Å². The molecule has 1 heterocycles. The Hall–Kier alpha value is -2.44. The van der Waals surface area contributed by atoms with Gasteiger partial charge in [-0.15, -0.1) is 0 Å². The van der Waals surface area contributed by atoms with E-state index in [1.54, 1.807) is 26.2 Å². The molecule has 172 valence electrons. The minimum absolute atomic E-state index is 0.00345. The third-order valence-electron chi connectivity index (χ3n) is 6.69. The second-order valence-electron chi connectivity index (χ2n) is 8.40. The first-order chi connectivity index (χ1) is 15.0. The van der Waals surface area contributed by atoms with E-state index in [9.17, 15) is 9.59 Å². The number of benzene rings is 1. The Bertz CT molecular complexity index is 748. The average molecular weight is 434 g/mol. The second-order valence-corrected chi connectivity index (χ2v) is 8.40. The number of hydrogen-bond donors (Lipinski definition) is 0. The van der Waals surface area contributed by atoms with E-state index in [0.29, 0.717) is 30.2 Å². The van der Waals surface area contributed by atoms with Crippen molar-refractivity contribution in [3.8, 4) is 17.2 Å². The maximum atomic E-state index is 14.0. The maximum Gasteiger partial charge on any atom is 0.328 e. The lowest BCUT2D eigenvalue weighted by molar-refractivity contribution is -0.155. The summed E-state index contributed by atoms with van der Waals surface area (Å²) in [5.41, 5.74) is 0.848. The number of hydrogen-bond acceptors (Lipinski definition) is 6. The number of rotatable bonds is 7. The summed E-state index contributed by atoms with van der Waals surface area (Å²) in [5, 5.41) is 0. The Kier molecular flexibility index (Phi) is 8.04. The molecule has 2 fully saturated rings. The van der Waals surface area contributed by atoms with Crippen LogP contribution in [0.1, 0.15) is 62.8 Å². The van der Waals surface area contributed by atoms with E-state index >= 15 is 0 Å². The summed E-state index contributed by atoms with van der Waals surface area (Å²) in [5.74, 6) is 1.09. The van der Waals surface area contributed by atoms with E-state index in [-0.39, 0.29) is 23.7 Å². The molecular formula is C24H35NO6. The fourth-order valence-corrected chi connectivity index (χ4v) is 5.12. The Morgan fingerprint density at radius 1 is 0.871 bits per heavy atom. The number of piperidine rings is 1. The van der Waals surface area contributed by atoms with Crippen molar-refractivity contribution in [3.05, 3.63) is 17.7 Å². The molecule has 1 unspecified atom stereocenters. The first kappa shape index (κ1) is 23.2. The molecule has 1 aromatic carbocycles. The zero-order valence-corrected chi connectivity index (χ0v) is 19.1. The fraction of sp³-hybridized carbons (Fsp3) is 0.667. The molecule has 1 aliphatic carbocycles. The van der Waals surface area contributed by atoms with Gasteiger partial charge in [-0.25, -0.2) is 4.79 Å². The highest BCUT2D eigenvalue weighted by Crippen LogP contribution is 2.45. The smallest absolute Gasteiger partial charge is 0.328 e. The summed E-state index contributed by atoms with van der Waals surface area (Å²) < 4.78 is 21.6. The van der Waals surface area contributed by atoms with Crippen LogP contribution >= 0.6 is 0 Å². The zero-order chi connectivity index (χ0) is 22.4. The lowest BCUT2D eigenvalue weighted by atomic mass is 9.75. The fourth-order valence-electron chi connectivity index (χ4n) is 5.12. The molecule has 2 atom stereocenters. The molecule has 1 amide bonds. The molecular weight excluding hydrogens is 398 g/mol. The van der Waals surface area contributed by atoms with Crippen molar-refractivity contribution < 1.29 is 28.5 Å². The number of esters is 1. The Labute approximate surface area is 185 Å². The number of likely N-dealkylation sites (tertiary alicyclic amines) is 1. The summed E-state index contributed by atoms with van der Waals surface area (Å²) in [6.07, 6.45) is 7.85. The standard InChI is InChI=1S/C24H35NO6/c1-28-19-14-17(15-20(29-2)22(19)30-3)21(16-10-6-5-7-11-16)23(26)25-13-9-8-12-18(25)24(27)31-4/h14-16,18,21H,5-13H2,1-4H3/t18-,21?/m0/s1. The Morgan fingerprint density at radius 3 is 2.03 bits per heavy atom. The van der Waals surface area contributed by atoms with Gasteiger partial charge in [0.15, 0.2) is 11.5 Å². The topological polar surface area (TPSA) is 74.3 Å². The monoisotopic (exact) mass is 433 g/mol. The van der Waals surface area contributed by atoms with Gasteiger partial charge in [0, 0.05) is 6.54 Å². The highest BCUT2D eigenvalue weighted by atomic mass is 16.5. The van der Waals surface area contributed by atoms with Gasteiger partial charge in [-0.05, 0) is 55.7 Å². The normalized spacial score (nSPS) is 20.6. The van der Waals surface area contributed by atoms with E-state index in [1.807, 2.05) is 12.1 Å². The predicted molar refractivity (Wildman–Crippen MR) is 117 cm³/mol. The van der Waals surface area contributed by atoms with Crippen LogP contribution in [0.3, 0.4) is 0 Å². The lowest BCUT2D eigenvalue weighted by Gasteiger charge is -2.39. The Balaban J connectivity index is 2.04. The Morgan fingerprint density at radius 2 is 1.48 bits per heavy atom. The summed E-state index contributed by atoms with van der Waals surface area (Å²) in [6, 6.07) is 3.25. The summed E-state index contributed by atoms with van der Waals surface area (Å²) >= 11 is 0. The van der Waals surface area contributed by atoms with Gasteiger partial charge >= 0.3 is 5.97 Å². The third-order valence-corrected chi connectivity index (χ3v) is 6.69. The minimum Gasteiger partial charge on any atom is -0.493 e. The first-order valence-corrected chi connectivity index (χ1v) is 11.2. The molecule has 1 aliphatic heterocycles. The molecule has 31 heavy (non-hydrogen) atoms. The van der Waals surface area contributed by atoms with Crippen molar-refractivity contribution in [3.63, 3.8) is 0 Å². The van der Waals surface area contributed by atoms with Gasteiger partial charge in [0.25, 0.3) is 0 Å². The highest BCUT2D eigenvalue weighted by Gasteiger charge is 2.40. The van der Waals surface area contributed by atoms with Gasteiger partial charge in [0.2, 0.25) is 11.7 Å². The second kappa shape index (κ2) is 10.7. The van der Waals surface area contributed by atoms with Crippen LogP contribution in [0.15, 0.2) is 12.1 Å². The van der Waals surface area contributed by atoms with Crippen molar-refractivity contribution in [1.82, 2.24) is 4.90 Å². The van der Waals surface area contributed by atoms with Gasteiger partial charge < -0.3 is 23.8 Å². The van der Waals surface area contributed by atoms with E-state index in [2.05, 4.69) is 0 Å². The highest BCUT2D eigenvalue weighted by molar-refractivity contribution is 5.89. The van der Waals surface area contributed by atoms with Crippen LogP contribution in [0, 0.1) is 5.92 Å². The van der Waals surface area contributed by atoms with Gasteiger partial charge in [-0.2, -0.15) is 0 Å². The van der Waals surface area contributed by atoms with Crippen LogP contribution in [-0.2, 0) is 14.3 Å². The zero-order valence-electron chi connectivity index (χ0n) is 19.1. The first-order valence-electron chi connectivity index (χ1n) is 11.2. The molecule has 3 rings (SSSR count). The van der Waals surface area contributed by atoms with Gasteiger partial charge in [0.05, 0.1) is 34.4 Å². The number of carbonyl (C=O) groups excluding carboxylic acids is 2. The van der Waals surface area contributed by atoms with Crippen molar-refractivity contribution in [2.75, 3.05) is 35.0 Å². The molecule has 0 N–H and O–H groups in total.